The number of aromatic nitrogens is 2. The highest BCUT2D eigenvalue weighted by Gasteiger charge is 2.30. The highest BCUT2D eigenvalue weighted by molar-refractivity contribution is 7.89. The summed E-state index contributed by atoms with van der Waals surface area (Å²) < 4.78 is 28.0. The molecule has 31 heavy (non-hydrogen) atoms. The van der Waals surface area contributed by atoms with Gasteiger partial charge in [-0.2, -0.15) is 4.31 Å². The van der Waals surface area contributed by atoms with Gasteiger partial charge >= 0.3 is 0 Å². The van der Waals surface area contributed by atoms with Gasteiger partial charge in [0.05, 0.1) is 10.3 Å². The summed E-state index contributed by atoms with van der Waals surface area (Å²) in [6.07, 6.45) is 0. The van der Waals surface area contributed by atoms with Crippen LogP contribution in [-0.2, 0) is 15.4 Å². The average molecular weight is 459 g/mol. The molecule has 1 fully saturated rings. The van der Waals surface area contributed by atoms with E-state index in [0.29, 0.717) is 31.1 Å². The number of anilines is 1. The van der Waals surface area contributed by atoms with E-state index in [1.807, 2.05) is 19.1 Å². The maximum Gasteiger partial charge on any atom is 0.243 e. The molecule has 1 aliphatic heterocycles. The van der Waals surface area contributed by atoms with E-state index >= 15 is 0 Å². The lowest BCUT2D eigenvalue weighted by Gasteiger charge is -2.35. The van der Waals surface area contributed by atoms with Crippen molar-refractivity contribution in [3.05, 3.63) is 46.1 Å². The highest BCUT2D eigenvalue weighted by Crippen LogP contribution is 2.35. The summed E-state index contributed by atoms with van der Waals surface area (Å²) in [5, 5.41) is 1.10. The van der Waals surface area contributed by atoms with E-state index in [-0.39, 0.29) is 5.41 Å². The first kappa shape index (κ1) is 22.2. The van der Waals surface area contributed by atoms with Crippen LogP contribution in [0, 0.1) is 20.8 Å². The number of rotatable bonds is 3. The second-order valence-electron chi connectivity index (χ2n) is 9.22. The van der Waals surface area contributed by atoms with Crippen LogP contribution in [0.1, 0.15) is 42.6 Å². The van der Waals surface area contributed by atoms with Gasteiger partial charge in [-0.1, -0.05) is 32.9 Å². The number of fused-ring (bicyclic) bond motifs is 1. The molecule has 1 aliphatic rings. The topological polar surface area (TPSA) is 66.4 Å². The van der Waals surface area contributed by atoms with Gasteiger partial charge in [0.15, 0.2) is 0 Å². The number of benzene rings is 1. The van der Waals surface area contributed by atoms with Crippen LogP contribution in [0.3, 0.4) is 0 Å². The molecule has 0 saturated carbocycles. The highest BCUT2D eigenvalue weighted by atomic mass is 32.2. The molecule has 0 aliphatic carbocycles. The maximum absolute atomic E-state index is 13.2. The van der Waals surface area contributed by atoms with Gasteiger partial charge < -0.3 is 4.90 Å². The van der Waals surface area contributed by atoms with Crippen LogP contribution >= 0.6 is 11.3 Å². The summed E-state index contributed by atoms with van der Waals surface area (Å²) in [5.41, 5.74) is 2.33. The number of sulfonamides is 1. The molecule has 0 bridgehead atoms. The van der Waals surface area contributed by atoms with Crippen LogP contribution in [0.4, 0.5) is 5.82 Å². The van der Waals surface area contributed by atoms with Crippen LogP contribution in [-0.4, -0.2) is 48.9 Å². The number of nitrogens with zero attached hydrogens (tertiary/aromatic N) is 4. The molecule has 6 nitrogen and oxygen atoms in total. The average Bonchev–Trinajstić information content (AvgIpc) is 3.00. The molecule has 1 saturated heterocycles. The number of aryl methyl sites for hydroxylation is 3. The summed E-state index contributed by atoms with van der Waals surface area (Å²) in [7, 11) is -3.51. The van der Waals surface area contributed by atoms with Gasteiger partial charge in [-0.3, -0.25) is 0 Å². The SMILES string of the molecule is Cc1nc(N2CCN(S(=O)(=O)c3ccc(C(C)(C)C)cc3)CC2)c2c(C)c(C)sc2n1. The number of hydrogen-bond donors (Lipinski definition) is 0. The second kappa shape index (κ2) is 7.83. The molecule has 2 aromatic heterocycles. The summed E-state index contributed by atoms with van der Waals surface area (Å²) in [5.74, 6) is 1.67. The third-order valence-corrected chi connectivity index (χ3v) is 9.03. The third kappa shape index (κ3) is 4.08. The van der Waals surface area contributed by atoms with E-state index in [0.717, 1.165) is 27.4 Å². The molecule has 0 unspecified atom stereocenters. The largest absolute Gasteiger partial charge is 0.353 e. The normalized spacial score (nSPS) is 16.3. The van der Waals surface area contributed by atoms with Crippen molar-refractivity contribution < 1.29 is 8.42 Å². The van der Waals surface area contributed by atoms with E-state index in [9.17, 15) is 8.42 Å². The van der Waals surface area contributed by atoms with Gasteiger partial charge in [0, 0.05) is 31.1 Å². The minimum atomic E-state index is -3.51. The number of thiophene rings is 1. The maximum atomic E-state index is 13.2. The zero-order valence-electron chi connectivity index (χ0n) is 19.1. The molecule has 3 heterocycles. The van der Waals surface area contributed by atoms with E-state index < -0.39 is 10.0 Å². The predicted molar refractivity (Wildman–Crippen MR) is 128 cm³/mol. The van der Waals surface area contributed by atoms with Crippen LogP contribution in [0.25, 0.3) is 10.2 Å². The Hall–Kier alpha value is -2.03. The molecule has 3 aromatic rings. The van der Waals surface area contributed by atoms with E-state index in [1.165, 1.54) is 10.4 Å². The Morgan fingerprint density at radius 3 is 2.13 bits per heavy atom. The monoisotopic (exact) mass is 458 g/mol. The third-order valence-electron chi connectivity index (χ3n) is 6.02. The first-order valence-electron chi connectivity index (χ1n) is 10.6. The Labute approximate surface area is 189 Å². The van der Waals surface area contributed by atoms with Gasteiger partial charge in [0.1, 0.15) is 16.5 Å². The lowest BCUT2D eigenvalue weighted by Crippen LogP contribution is -2.49. The smallest absolute Gasteiger partial charge is 0.243 e. The summed E-state index contributed by atoms with van der Waals surface area (Å²) in [6, 6.07) is 7.31. The molecule has 0 amide bonds. The van der Waals surface area contributed by atoms with Crippen molar-refractivity contribution in [1.82, 2.24) is 14.3 Å². The Balaban J connectivity index is 1.56. The molecule has 166 valence electrons. The van der Waals surface area contributed by atoms with Gasteiger partial charge in [-0.05, 0) is 49.4 Å². The molecule has 4 rings (SSSR count). The first-order valence-corrected chi connectivity index (χ1v) is 12.8. The summed E-state index contributed by atoms with van der Waals surface area (Å²) in [6.45, 7) is 14.6. The standard InChI is InChI=1S/C23H30N4O2S2/c1-15-16(2)30-22-20(15)21(24-17(3)25-22)26-11-13-27(14-12-26)31(28,29)19-9-7-18(8-10-19)23(4,5)6/h7-10H,11-14H2,1-6H3. The zero-order chi connectivity index (χ0) is 22.6. The lowest BCUT2D eigenvalue weighted by atomic mass is 9.87. The minimum absolute atomic E-state index is 0.00688. The van der Waals surface area contributed by atoms with Crippen molar-refractivity contribution in [2.24, 2.45) is 0 Å². The Bertz CT molecular complexity index is 1220. The van der Waals surface area contributed by atoms with Crippen molar-refractivity contribution in [3.8, 4) is 0 Å². The quantitative estimate of drug-likeness (QED) is 0.581. The summed E-state index contributed by atoms with van der Waals surface area (Å²) in [4.78, 5) is 14.1. The molecule has 1 aromatic carbocycles. The van der Waals surface area contributed by atoms with Crippen LogP contribution < -0.4 is 4.90 Å². The lowest BCUT2D eigenvalue weighted by molar-refractivity contribution is 0.384. The molecule has 0 atom stereocenters. The Kier molecular flexibility index (Phi) is 5.60. The molecule has 0 N–H and O–H groups in total. The first-order chi connectivity index (χ1) is 14.5. The van der Waals surface area contributed by atoms with Crippen LogP contribution in [0.5, 0.6) is 0 Å². The van der Waals surface area contributed by atoms with Crippen molar-refractivity contribution in [2.75, 3.05) is 31.1 Å². The molecule has 0 radical (unpaired) electrons. The fourth-order valence-corrected chi connectivity index (χ4v) is 6.47. The van der Waals surface area contributed by atoms with Crippen molar-refractivity contribution in [2.45, 2.75) is 51.9 Å². The van der Waals surface area contributed by atoms with Crippen LogP contribution in [0.15, 0.2) is 29.2 Å². The van der Waals surface area contributed by atoms with Gasteiger partial charge in [-0.25, -0.2) is 18.4 Å². The van der Waals surface area contributed by atoms with Crippen molar-refractivity contribution in [3.63, 3.8) is 0 Å². The fourth-order valence-electron chi connectivity index (χ4n) is 3.98. The Morgan fingerprint density at radius 1 is 0.935 bits per heavy atom. The molecule has 0 spiro atoms. The molecular weight excluding hydrogens is 428 g/mol. The van der Waals surface area contributed by atoms with Crippen molar-refractivity contribution >= 4 is 37.4 Å². The Morgan fingerprint density at radius 2 is 1.55 bits per heavy atom. The number of piperazine rings is 1. The van der Waals surface area contributed by atoms with E-state index in [4.69, 9.17) is 4.98 Å². The summed E-state index contributed by atoms with van der Waals surface area (Å²) >= 11 is 1.69. The van der Waals surface area contributed by atoms with E-state index in [1.54, 1.807) is 27.8 Å². The minimum Gasteiger partial charge on any atom is -0.353 e. The molecular formula is C23H30N4O2S2. The number of hydrogen-bond acceptors (Lipinski definition) is 6. The van der Waals surface area contributed by atoms with Gasteiger partial charge in [0.2, 0.25) is 10.0 Å². The zero-order valence-corrected chi connectivity index (χ0v) is 20.7. The second-order valence-corrected chi connectivity index (χ2v) is 12.4. The molecule has 8 heteroatoms. The van der Waals surface area contributed by atoms with E-state index in [2.05, 4.69) is 44.5 Å². The van der Waals surface area contributed by atoms with Crippen molar-refractivity contribution in [1.29, 1.82) is 0 Å². The van der Waals surface area contributed by atoms with Gasteiger partial charge in [-0.15, -0.1) is 11.3 Å². The predicted octanol–water partition coefficient (Wildman–Crippen LogP) is 4.42. The van der Waals surface area contributed by atoms with Crippen LogP contribution in [0.2, 0.25) is 0 Å². The van der Waals surface area contributed by atoms with Gasteiger partial charge in [0.25, 0.3) is 0 Å². The fraction of sp³-hybridized carbons (Fsp3) is 0.478.